The molecular weight excluding hydrogens is 560 g/mol. The lowest BCUT2D eigenvalue weighted by molar-refractivity contribution is -0.152. The van der Waals surface area contributed by atoms with Crippen LogP contribution in [0.2, 0.25) is 25.7 Å². The molecule has 0 amide bonds. The molecule has 0 radical (unpaired) electrons. The van der Waals surface area contributed by atoms with E-state index in [0.717, 1.165) is 16.6 Å². The van der Waals surface area contributed by atoms with Gasteiger partial charge < -0.3 is 14.2 Å². The van der Waals surface area contributed by atoms with E-state index in [2.05, 4.69) is 35.0 Å². The molecule has 0 saturated carbocycles. The summed E-state index contributed by atoms with van der Waals surface area (Å²) in [7, 11) is -0.126. The summed E-state index contributed by atoms with van der Waals surface area (Å²) in [6, 6.07) is 6.70. The van der Waals surface area contributed by atoms with E-state index in [1.807, 2.05) is 0 Å². The number of pyridine rings is 1. The van der Waals surface area contributed by atoms with Crippen LogP contribution >= 0.6 is 0 Å². The average Bonchev–Trinajstić information content (AvgIpc) is 3.22. The summed E-state index contributed by atoms with van der Waals surface area (Å²) >= 11 is 0. The predicted octanol–water partition coefficient (Wildman–Crippen LogP) is 6.04. The molecule has 1 N–H and O–H groups in total. The van der Waals surface area contributed by atoms with Crippen molar-refractivity contribution in [3.05, 3.63) is 47.4 Å². The lowest BCUT2D eigenvalue weighted by Crippen LogP contribution is -2.49. The van der Waals surface area contributed by atoms with Gasteiger partial charge in [0, 0.05) is 38.1 Å². The molecule has 1 aromatic carbocycles. The molecule has 1 aromatic heterocycles. The monoisotopic (exact) mass is 598 g/mol. The molecule has 1 atom stereocenters. The van der Waals surface area contributed by atoms with Crippen LogP contribution in [0.3, 0.4) is 0 Å². The molecule has 13 heteroatoms. The van der Waals surface area contributed by atoms with Gasteiger partial charge in [-0.1, -0.05) is 31.8 Å². The Labute approximate surface area is 239 Å². The van der Waals surface area contributed by atoms with Gasteiger partial charge in [0.25, 0.3) is 0 Å². The minimum Gasteiger partial charge on any atom is -0.476 e. The number of aryl methyl sites for hydroxylation is 1. The smallest absolute Gasteiger partial charge is 0.450 e. The second kappa shape index (κ2) is 12.1. The maximum Gasteiger partial charge on any atom is 0.450 e. The number of benzene rings is 1. The van der Waals surface area contributed by atoms with Crippen LogP contribution in [0, 0.1) is 18.2 Å². The van der Waals surface area contributed by atoms with E-state index in [1.54, 1.807) is 32.9 Å². The van der Waals surface area contributed by atoms with Gasteiger partial charge in [-0.25, -0.2) is 14.4 Å². The Morgan fingerprint density at radius 3 is 2.41 bits per heavy atom. The minimum absolute atomic E-state index is 0.0428. The zero-order chi connectivity index (χ0) is 30.8. The van der Waals surface area contributed by atoms with Gasteiger partial charge in [0.1, 0.15) is 19.2 Å². The van der Waals surface area contributed by atoms with Crippen LogP contribution in [-0.4, -0.2) is 63.1 Å². The number of aliphatic imine (C=N–C) groups is 1. The largest absolute Gasteiger partial charge is 0.476 e. The summed E-state index contributed by atoms with van der Waals surface area (Å²) in [5, 5.41) is 0.784. The quantitative estimate of drug-likeness (QED) is 0.146. The van der Waals surface area contributed by atoms with Crippen molar-refractivity contribution in [2.45, 2.75) is 65.2 Å². The van der Waals surface area contributed by atoms with Crippen LogP contribution in [0.25, 0.3) is 11.1 Å². The van der Waals surface area contributed by atoms with Gasteiger partial charge in [-0.15, -0.1) is 0 Å². The first kappa shape index (κ1) is 32.5. The number of ether oxygens (including phenoxy) is 3. The summed E-state index contributed by atoms with van der Waals surface area (Å²) in [5.41, 5.74) is 1.87. The van der Waals surface area contributed by atoms with Gasteiger partial charge in [-0.05, 0) is 50.9 Å². The summed E-state index contributed by atoms with van der Waals surface area (Å²) in [5.74, 6) is -2.05. The number of rotatable bonds is 11. The zero-order valence-electron chi connectivity index (χ0n) is 24.7. The fraction of sp³-hybridized carbons (Fsp3) is 0.536. The van der Waals surface area contributed by atoms with Crippen LogP contribution < -0.4 is 10.2 Å². The number of aromatic nitrogens is 1. The van der Waals surface area contributed by atoms with Gasteiger partial charge in [0.2, 0.25) is 11.7 Å². The van der Waals surface area contributed by atoms with Crippen molar-refractivity contribution < 1.29 is 36.6 Å². The highest BCUT2D eigenvalue weighted by molar-refractivity contribution is 6.76. The normalized spacial score (nSPS) is 18.0. The molecule has 41 heavy (non-hydrogen) atoms. The summed E-state index contributed by atoms with van der Waals surface area (Å²) in [6.07, 6.45) is -3.25. The molecule has 0 fully saturated rings. The van der Waals surface area contributed by atoms with Crippen molar-refractivity contribution >= 4 is 19.9 Å². The summed E-state index contributed by atoms with van der Waals surface area (Å²) in [6.45, 7) is 13.0. The maximum atomic E-state index is 15.5. The third kappa shape index (κ3) is 8.04. The number of carbonyl (C=O) groups excluding carboxylic acids is 1. The van der Waals surface area contributed by atoms with Crippen LogP contribution in [0.15, 0.2) is 35.5 Å². The van der Waals surface area contributed by atoms with Gasteiger partial charge >= 0.3 is 12.1 Å². The highest BCUT2D eigenvalue weighted by Gasteiger charge is 2.49. The van der Waals surface area contributed by atoms with E-state index in [9.17, 15) is 18.0 Å². The van der Waals surface area contributed by atoms with Crippen LogP contribution in [0.1, 0.15) is 31.9 Å². The number of nitrogens with zero attached hydrogens (tertiary/aromatic N) is 3. The molecule has 0 saturated heterocycles. The standard InChI is InChI=1S/C28H38F4N4O4Si/c1-18-13-23(40-16-26(2,3)25(37)38-5)33-15-20(18)19-9-10-21(22(29)14-19)27(4)34-24(28(30,31)32)36(35-27)17-39-11-12-41(6,7)8/h9-10,13-15,35H,11-12,16-17H2,1-8H3. The first-order valence-electron chi connectivity index (χ1n) is 13.1. The minimum atomic E-state index is -4.76. The molecule has 0 spiro atoms. The Morgan fingerprint density at radius 1 is 1.17 bits per heavy atom. The van der Waals surface area contributed by atoms with E-state index < -0.39 is 43.0 Å². The number of hydrazine groups is 1. The number of hydrogen-bond acceptors (Lipinski definition) is 8. The summed E-state index contributed by atoms with van der Waals surface area (Å²) in [4.78, 5) is 20.0. The van der Waals surface area contributed by atoms with Crippen molar-refractivity contribution in [3.8, 4) is 17.0 Å². The number of alkyl halides is 3. The summed E-state index contributed by atoms with van der Waals surface area (Å²) < 4.78 is 72.9. The van der Waals surface area contributed by atoms with Crippen LogP contribution in [0.5, 0.6) is 5.88 Å². The van der Waals surface area contributed by atoms with E-state index >= 15 is 4.39 Å². The highest BCUT2D eigenvalue weighted by Crippen LogP contribution is 2.36. The fourth-order valence-corrected chi connectivity index (χ4v) is 4.91. The number of carbonyl (C=O) groups is 1. The molecule has 0 aliphatic carbocycles. The van der Waals surface area contributed by atoms with Crippen molar-refractivity contribution in [2.24, 2.45) is 10.4 Å². The SMILES string of the molecule is COC(=O)C(C)(C)COc1cc(C)c(-c2ccc(C3(C)N=C(C(F)(F)F)N(COCC[Si](C)(C)C)N3)c(F)c2)cn1. The molecule has 2 aromatic rings. The van der Waals surface area contributed by atoms with E-state index in [1.165, 1.54) is 32.4 Å². The zero-order valence-corrected chi connectivity index (χ0v) is 25.7. The van der Waals surface area contributed by atoms with Crippen LogP contribution in [0.4, 0.5) is 17.6 Å². The Morgan fingerprint density at radius 2 is 1.85 bits per heavy atom. The number of amidine groups is 1. The van der Waals surface area contributed by atoms with Crippen molar-refractivity contribution in [2.75, 3.05) is 27.1 Å². The molecule has 226 valence electrons. The lowest BCUT2D eigenvalue weighted by Gasteiger charge is -2.28. The third-order valence-electron chi connectivity index (χ3n) is 6.62. The number of halogens is 4. The van der Waals surface area contributed by atoms with Gasteiger partial charge in [0.15, 0.2) is 5.66 Å². The fourth-order valence-electron chi connectivity index (χ4n) is 4.16. The first-order valence-corrected chi connectivity index (χ1v) is 16.9. The number of hydrogen-bond donors (Lipinski definition) is 1. The number of esters is 1. The molecule has 1 aliphatic heterocycles. The number of nitrogens with one attached hydrogen (secondary N) is 1. The molecule has 0 bridgehead atoms. The Balaban J connectivity index is 1.79. The van der Waals surface area contributed by atoms with Crippen molar-refractivity contribution in [1.29, 1.82) is 0 Å². The second-order valence-corrected chi connectivity index (χ2v) is 17.7. The van der Waals surface area contributed by atoms with Gasteiger partial charge in [-0.2, -0.15) is 18.6 Å². The van der Waals surface area contributed by atoms with E-state index in [-0.39, 0.29) is 24.8 Å². The molecule has 8 nitrogen and oxygen atoms in total. The van der Waals surface area contributed by atoms with E-state index in [4.69, 9.17) is 14.2 Å². The Kier molecular flexibility index (Phi) is 9.56. The Bertz CT molecular complexity index is 1300. The van der Waals surface area contributed by atoms with Gasteiger partial charge in [0.05, 0.1) is 12.5 Å². The Hall–Kier alpha value is -3.03. The van der Waals surface area contributed by atoms with E-state index in [0.29, 0.717) is 17.7 Å². The number of methoxy groups -OCH3 is 1. The predicted molar refractivity (Wildman–Crippen MR) is 150 cm³/mol. The van der Waals surface area contributed by atoms with Gasteiger partial charge in [-0.3, -0.25) is 9.80 Å². The maximum absolute atomic E-state index is 15.5. The molecule has 3 rings (SSSR count). The second-order valence-electron chi connectivity index (χ2n) is 12.1. The third-order valence-corrected chi connectivity index (χ3v) is 8.32. The topological polar surface area (TPSA) is 85.3 Å². The van der Waals surface area contributed by atoms with Crippen molar-refractivity contribution in [3.63, 3.8) is 0 Å². The molecular formula is C28H38F4N4O4Si. The van der Waals surface area contributed by atoms with Crippen molar-refractivity contribution in [1.82, 2.24) is 15.4 Å². The molecule has 1 aliphatic rings. The average molecular weight is 599 g/mol. The highest BCUT2D eigenvalue weighted by atomic mass is 28.3. The lowest BCUT2D eigenvalue weighted by atomic mass is 9.95. The molecule has 1 unspecified atom stereocenters. The van der Waals surface area contributed by atoms with Crippen LogP contribution in [-0.2, 0) is 19.9 Å². The first-order chi connectivity index (χ1) is 18.9. The molecule has 2 heterocycles.